The van der Waals surface area contributed by atoms with Crippen molar-refractivity contribution < 1.29 is 9.32 Å². The van der Waals surface area contributed by atoms with Crippen LogP contribution in [0.5, 0.6) is 0 Å². The second kappa shape index (κ2) is 6.51. The number of nitrogens with zero attached hydrogens (tertiary/aromatic N) is 3. The number of hydrogen-bond acceptors (Lipinski definition) is 4. The zero-order valence-corrected chi connectivity index (χ0v) is 12.2. The van der Waals surface area contributed by atoms with Gasteiger partial charge in [-0.25, -0.2) is 0 Å². The molecule has 102 valence electrons. The third kappa shape index (κ3) is 3.66. The Hall–Kier alpha value is -1.63. The molecule has 7 heteroatoms. The molecule has 0 aromatic carbocycles. The van der Waals surface area contributed by atoms with Crippen molar-refractivity contribution in [2.45, 2.75) is 26.3 Å². The maximum atomic E-state index is 12.1. The van der Waals surface area contributed by atoms with Gasteiger partial charge in [-0.3, -0.25) is 4.79 Å². The third-order valence-corrected chi connectivity index (χ3v) is 3.03. The summed E-state index contributed by atoms with van der Waals surface area (Å²) in [5, 5.41) is 6.35. The summed E-state index contributed by atoms with van der Waals surface area (Å²) in [6.45, 7) is 3.36. The number of aryl methyl sites for hydroxylation is 1. The molecule has 6 nitrogen and oxygen atoms in total. The fraction of sp³-hybridized carbons (Fsp3) is 0.417. The molecule has 0 saturated heterocycles. The molecule has 0 fully saturated rings. The molecule has 0 aliphatic carbocycles. The Balaban J connectivity index is 1.92. The van der Waals surface area contributed by atoms with Crippen molar-refractivity contribution in [3.05, 3.63) is 34.6 Å². The Morgan fingerprint density at radius 3 is 3.11 bits per heavy atom. The lowest BCUT2D eigenvalue weighted by atomic mass is 10.3. The van der Waals surface area contributed by atoms with E-state index in [9.17, 15) is 4.79 Å². The van der Waals surface area contributed by atoms with Gasteiger partial charge in [0.05, 0.1) is 0 Å². The molecule has 0 aliphatic heterocycles. The molecule has 1 N–H and O–H groups in total. The summed E-state index contributed by atoms with van der Waals surface area (Å²) in [6.07, 6.45) is 4.77. The monoisotopic (exact) mass is 326 g/mol. The number of carbonyl (C=O) groups is 1. The molecular formula is C12H15BrN4O2. The van der Waals surface area contributed by atoms with E-state index < -0.39 is 0 Å². The van der Waals surface area contributed by atoms with Crippen molar-refractivity contribution in [2.24, 2.45) is 0 Å². The average Bonchev–Trinajstić information content (AvgIpc) is 2.99. The first-order chi connectivity index (χ1) is 9.20. The van der Waals surface area contributed by atoms with Gasteiger partial charge < -0.3 is 14.4 Å². The van der Waals surface area contributed by atoms with Gasteiger partial charge in [-0.2, -0.15) is 4.98 Å². The number of hydrogen-bond donors (Lipinski definition) is 1. The first kappa shape index (κ1) is 13.8. The molecule has 0 bridgehead atoms. The third-order valence-electron chi connectivity index (χ3n) is 2.59. The van der Waals surface area contributed by atoms with Crippen LogP contribution in [0.2, 0.25) is 0 Å². The number of aromatic nitrogens is 3. The Labute approximate surface area is 119 Å². The summed E-state index contributed by atoms with van der Waals surface area (Å²) < 4.78 is 7.70. The van der Waals surface area contributed by atoms with E-state index in [4.69, 9.17) is 4.52 Å². The topological polar surface area (TPSA) is 73.0 Å². The van der Waals surface area contributed by atoms with Crippen molar-refractivity contribution in [1.29, 1.82) is 0 Å². The minimum atomic E-state index is -0.0985. The largest absolute Gasteiger partial charge is 0.350 e. The Morgan fingerprint density at radius 1 is 1.58 bits per heavy atom. The molecule has 0 spiro atoms. The molecule has 2 rings (SSSR count). The summed E-state index contributed by atoms with van der Waals surface area (Å²) in [5.74, 6) is 0.420. The van der Waals surface area contributed by atoms with Crippen LogP contribution in [0.4, 0.5) is 0 Å². The molecular weight excluding hydrogens is 312 g/mol. The molecule has 0 atom stereocenters. The lowest BCUT2D eigenvalue weighted by Gasteiger charge is -2.07. The van der Waals surface area contributed by atoms with Crippen LogP contribution in [0.15, 0.2) is 27.6 Å². The molecule has 0 unspecified atom stereocenters. The van der Waals surface area contributed by atoms with Crippen molar-refractivity contribution in [3.8, 4) is 0 Å². The summed E-state index contributed by atoms with van der Waals surface area (Å²) in [4.78, 5) is 16.0. The smallest absolute Gasteiger partial charge is 0.267 e. The molecule has 0 aliphatic rings. The Bertz CT molecular complexity index is 536. The van der Waals surface area contributed by atoms with Crippen LogP contribution in [0.1, 0.15) is 29.7 Å². The summed E-state index contributed by atoms with van der Waals surface area (Å²) in [5.41, 5.74) is 0.652. The van der Waals surface area contributed by atoms with Crippen molar-refractivity contribution in [1.82, 2.24) is 20.0 Å². The second-order valence-electron chi connectivity index (χ2n) is 4.08. The lowest BCUT2D eigenvalue weighted by Crippen LogP contribution is -2.27. The molecule has 19 heavy (non-hydrogen) atoms. The van der Waals surface area contributed by atoms with E-state index in [-0.39, 0.29) is 5.91 Å². The van der Waals surface area contributed by atoms with Crippen molar-refractivity contribution in [2.75, 3.05) is 6.54 Å². The van der Waals surface area contributed by atoms with E-state index >= 15 is 0 Å². The minimum Gasteiger partial charge on any atom is -0.350 e. The highest BCUT2D eigenvalue weighted by Gasteiger charge is 2.12. The van der Waals surface area contributed by atoms with Crippen LogP contribution >= 0.6 is 15.9 Å². The van der Waals surface area contributed by atoms with E-state index in [0.29, 0.717) is 24.6 Å². The fourth-order valence-corrected chi connectivity index (χ4v) is 2.23. The van der Waals surface area contributed by atoms with E-state index in [1.807, 2.05) is 16.8 Å². The van der Waals surface area contributed by atoms with Crippen LogP contribution < -0.4 is 5.32 Å². The fourth-order valence-electron chi connectivity index (χ4n) is 1.77. The van der Waals surface area contributed by atoms with Gasteiger partial charge in [-0.05, 0) is 28.4 Å². The Morgan fingerprint density at radius 2 is 2.42 bits per heavy atom. The summed E-state index contributed by atoms with van der Waals surface area (Å²) >= 11 is 3.39. The highest BCUT2D eigenvalue weighted by atomic mass is 79.9. The van der Waals surface area contributed by atoms with Crippen molar-refractivity contribution >= 4 is 21.8 Å². The quantitative estimate of drug-likeness (QED) is 0.881. The first-order valence-corrected chi connectivity index (χ1v) is 6.89. The second-order valence-corrected chi connectivity index (χ2v) is 4.99. The van der Waals surface area contributed by atoms with Gasteiger partial charge in [0, 0.05) is 30.2 Å². The molecule has 2 aromatic rings. The SMILES string of the molecule is CCCn1cc(Br)cc1C(=O)NCCc1ncno1. The van der Waals surface area contributed by atoms with Crippen LogP contribution in [0.25, 0.3) is 0 Å². The van der Waals surface area contributed by atoms with Gasteiger partial charge in [0.25, 0.3) is 5.91 Å². The molecule has 1 amide bonds. The zero-order chi connectivity index (χ0) is 13.7. The molecule has 0 radical (unpaired) electrons. The van der Waals surface area contributed by atoms with Gasteiger partial charge >= 0.3 is 0 Å². The number of rotatable bonds is 6. The van der Waals surface area contributed by atoms with Gasteiger partial charge in [0.15, 0.2) is 6.33 Å². The summed E-state index contributed by atoms with van der Waals surface area (Å²) in [6, 6.07) is 1.82. The van der Waals surface area contributed by atoms with E-state index in [0.717, 1.165) is 17.4 Å². The average molecular weight is 327 g/mol. The minimum absolute atomic E-state index is 0.0985. The van der Waals surface area contributed by atoms with Gasteiger partial charge in [-0.1, -0.05) is 12.1 Å². The van der Waals surface area contributed by atoms with Gasteiger partial charge in [-0.15, -0.1) is 0 Å². The number of amides is 1. The lowest BCUT2D eigenvalue weighted by molar-refractivity contribution is 0.0944. The van der Waals surface area contributed by atoms with E-state index in [1.54, 1.807) is 0 Å². The van der Waals surface area contributed by atoms with Crippen LogP contribution in [-0.4, -0.2) is 27.2 Å². The molecule has 2 aromatic heterocycles. The van der Waals surface area contributed by atoms with Gasteiger partial charge in [0.1, 0.15) is 5.69 Å². The molecule has 2 heterocycles. The van der Waals surface area contributed by atoms with Crippen LogP contribution in [-0.2, 0) is 13.0 Å². The van der Waals surface area contributed by atoms with Crippen molar-refractivity contribution in [3.63, 3.8) is 0 Å². The summed E-state index contributed by atoms with van der Waals surface area (Å²) in [7, 11) is 0. The maximum absolute atomic E-state index is 12.1. The highest BCUT2D eigenvalue weighted by molar-refractivity contribution is 9.10. The zero-order valence-electron chi connectivity index (χ0n) is 10.6. The normalized spacial score (nSPS) is 10.6. The predicted octanol–water partition coefficient (Wildman–Crippen LogP) is 2.02. The van der Waals surface area contributed by atoms with E-state index in [1.165, 1.54) is 6.33 Å². The maximum Gasteiger partial charge on any atom is 0.267 e. The standard InChI is InChI=1S/C12H15BrN4O2/c1-2-5-17-7-9(13)6-10(17)12(18)14-4-3-11-15-8-16-19-11/h6-8H,2-5H2,1H3,(H,14,18). The van der Waals surface area contributed by atoms with E-state index in [2.05, 4.69) is 38.3 Å². The first-order valence-electron chi connectivity index (χ1n) is 6.10. The predicted molar refractivity (Wildman–Crippen MR) is 72.8 cm³/mol. The van der Waals surface area contributed by atoms with Crippen LogP contribution in [0, 0.1) is 0 Å². The number of nitrogens with one attached hydrogen (secondary N) is 1. The van der Waals surface area contributed by atoms with Crippen LogP contribution in [0.3, 0.4) is 0 Å². The number of halogens is 1. The van der Waals surface area contributed by atoms with Gasteiger partial charge in [0.2, 0.25) is 5.89 Å². The Kier molecular flexibility index (Phi) is 4.73. The highest BCUT2D eigenvalue weighted by Crippen LogP contribution is 2.15. The number of carbonyl (C=O) groups excluding carboxylic acids is 1. The molecule has 0 saturated carbocycles.